The quantitative estimate of drug-likeness (QED) is 0.606. The molecule has 1 aliphatic carbocycles. The molecule has 0 saturated heterocycles. The summed E-state index contributed by atoms with van der Waals surface area (Å²) in [5, 5.41) is 11.9. The van der Waals surface area contributed by atoms with Crippen molar-refractivity contribution in [1.82, 2.24) is 19.9 Å². The van der Waals surface area contributed by atoms with Crippen LogP contribution in [0, 0.1) is 5.82 Å². The van der Waals surface area contributed by atoms with Crippen LogP contribution in [0.5, 0.6) is 0 Å². The van der Waals surface area contributed by atoms with E-state index in [-0.39, 0.29) is 17.8 Å². The van der Waals surface area contributed by atoms with Gasteiger partial charge in [0.15, 0.2) is 0 Å². The average Bonchev–Trinajstić information content (AvgIpc) is 3.14. The predicted octanol–water partition coefficient (Wildman–Crippen LogP) is 3.78. The molecular weight excluding hydrogens is 347 g/mol. The smallest absolute Gasteiger partial charge is 0.228 e. The first-order valence-corrected chi connectivity index (χ1v) is 9.05. The van der Waals surface area contributed by atoms with Crippen LogP contribution in [0.15, 0.2) is 36.5 Å². The number of aromatic amines is 1. The van der Waals surface area contributed by atoms with E-state index >= 15 is 0 Å². The van der Waals surface area contributed by atoms with Gasteiger partial charge in [0.05, 0.1) is 17.4 Å². The van der Waals surface area contributed by atoms with Crippen molar-refractivity contribution in [3.8, 4) is 22.6 Å². The number of nitrogens with zero attached hydrogens (tertiary/aromatic N) is 4. The Kier molecular flexibility index (Phi) is 4.72. The van der Waals surface area contributed by atoms with Crippen LogP contribution in [0.4, 0.5) is 16.3 Å². The van der Waals surface area contributed by atoms with E-state index in [2.05, 4.69) is 19.9 Å². The van der Waals surface area contributed by atoms with Gasteiger partial charge < -0.3 is 10.7 Å². The maximum Gasteiger partial charge on any atom is 0.228 e. The number of nitrogens with two attached hydrogens (primary N) is 1. The van der Waals surface area contributed by atoms with Gasteiger partial charge in [-0.25, -0.2) is 24.4 Å². The number of imidazole rings is 1. The lowest BCUT2D eigenvalue weighted by Gasteiger charge is -2.28. The van der Waals surface area contributed by atoms with E-state index < -0.39 is 0 Å². The fraction of sp³-hybridized carbons (Fsp3) is 0.316. The zero-order valence-electron chi connectivity index (χ0n) is 14.8. The molecule has 7 nitrogen and oxygen atoms in total. The summed E-state index contributed by atoms with van der Waals surface area (Å²) in [7, 11) is 0. The van der Waals surface area contributed by atoms with Gasteiger partial charge in [-0.2, -0.15) is 0 Å². The average molecular weight is 368 g/mol. The van der Waals surface area contributed by atoms with Gasteiger partial charge in [-0.1, -0.05) is 19.3 Å². The number of rotatable bonds is 4. The number of anilines is 2. The van der Waals surface area contributed by atoms with Crippen LogP contribution in [-0.2, 0) is 0 Å². The summed E-state index contributed by atoms with van der Waals surface area (Å²) in [4.78, 5) is 15.9. The van der Waals surface area contributed by atoms with E-state index in [1.807, 2.05) is 0 Å². The number of aromatic nitrogens is 4. The number of H-pyrrole nitrogens is 1. The largest absolute Gasteiger partial charge is 0.368 e. The van der Waals surface area contributed by atoms with Gasteiger partial charge >= 0.3 is 0 Å². The van der Waals surface area contributed by atoms with E-state index in [0.29, 0.717) is 28.6 Å². The zero-order valence-corrected chi connectivity index (χ0v) is 14.8. The molecule has 1 aliphatic rings. The number of hydrogen-bond acceptors (Lipinski definition) is 6. The minimum Gasteiger partial charge on any atom is -0.368 e. The first-order valence-electron chi connectivity index (χ1n) is 9.05. The summed E-state index contributed by atoms with van der Waals surface area (Å²) in [6.07, 6.45) is 6.75. The monoisotopic (exact) mass is 368 g/mol. The van der Waals surface area contributed by atoms with Gasteiger partial charge in [0.25, 0.3) is 0 Å². The van der Waals surface area contributed by atoms with Crippen molar-refractivity contribution >= 4 is 11.9 Å². The third-order valence-corrected chi connectivity index (χ3v) is 4.88. The van der Waals surface area contributed by atoms with Crippen molar-refractivity contribution in [3.05, 3.63) is 42.3 Å². The highest BCUT2D eigenvalue weighted by atomic mass is 19.1. The molecule has 140 valence electrons. The van der Waals surface area contributed by atoms with Crippen LogP contribution >= 0.6 is 0 Å². The summed E-state index contributed by atoms with van der Waals surface area (Å²) in [5.41, 5.74) is 8.15. The number of nitrogen functional groups attached to an aromatic ring is 1. The fourth-order valence-electron chi connectivity index (χ4n) is 3.48. The highest BCUT2D eigenvalue weighted by molar-refractivity contribution is 5.78. The van der Waals surface area contributed by atoms with Gasteiger partial charge in [0.1, 0.15) is 11.5 Å². The highest BCUT2D eigenvalue weighted by Gasteiger charge is 2.25. The van der Waals surface area contributed by atoms with Gasteiger partial charge in [-0.05, 0) is 43.2 Å². The van der Waals surface area contributed by atoms with Crippen LogP contribution < -0.4 is 10.8 Å². The molecule has 27 heavy (non-hydrogen) atoms. The van der Waals surface area contributed by atoms with Gasteiger partial charge in [0, 0.05) is 11.8 Å². The van der Waals surface area contributed by atoms with E-state index in [9.17, 15) is 9.60 Å². The van der Waals surface area contributed by atoms with Crippen molar-refractivity contribution in [1.29, 1.82) is 0 Å². The van der Waals surface area contributed by atoms with Crippen molar-refractivity contribution in [3.63, 3.8) is 0 Å². The molecule has 0 aliphatic heterocycles. The van der Waals surface area contributed by atoms with Gasteiger partial charge in [0.2, 0.25) is 11.9 Å². The molecule has 0 bridgehead atoms. The maximum absolute atomic E-state index is 13.3. The van der Waals surface area contributed by atoms with Gasteiger partial charge in [-0.15, -0.1) is 0 Å². The molecule has 4 N–H and O–H groups in total. The molecule has 1 aromatic carbocycles. The van der Waals surface area contributed by atoms with Crippen LogP contribution in [0.3, 0.4) is 0 Å². The van der Waals surface area contributed by atoms with Crippen LogP contribution in [0.1, 0.15) is 32.1 Å². The van der Waals surface area contributed by atoms with E-state index in [0.717, 1.165) is 25.7 Å². The number of halogens is 1. The van der Waals surface area contributed by atoms with E-state index in [1.54, 1.807) is 24.4 Å². The summed E-state index contributed by atoms with van der Waals surface area (Å²) in [6.45, 7) is 0. The minimum atomic E-state index is -0.326. The summed E-state index contributed by atoms with van der Waals surface area (Å²) >= 11 is 0. The molecule has 1 fully saturated rings. The standard InChI is InChI=1S/C19H21FN6O/c20-13-8-6-12(7-9-13)16-17(15-10-11-22-18(21)23-15)25-19(24-16)26(27)14-4-2-1-3-5-14/h6-11,14,27H,1-5H2,(H,24,25)(H2,21,22,23). The first-order chi connectivity index (χ1) is 13.1. The highest BCUT2D eigenvalue weighted by Crippen LogP contribution is 2.33. The maximum atomic E-state index is 13.3. The van der Waals surface area contributed by atoms with Crippen molar-refractivity contribution in [2.45, 2.75) is 38.1 Å². The third-order valence-electron chi connectivity index (χ3n) is 4.88. The van der Waals surface area contributed by atoms with Crippen molar-refractivity contribution < 1.29 is 9.60 Å². The lowest BCUT2D eigenvalue weighted by molar-refractivity contribution is 0.185. The molecule has 0 amide bonds. The Morgan fingerprint density at radius 2 is 1.81 bits per heavy atom. The molecule has 2 heterocycles. The molecule has 4 rings (SSSR count). The lowest BCUT2D eigenvalue weighted by atomic mass is 9.95. The molecule has 0 spiro atoms. The van der Waals surface area contributed by atoms with Crippen molar-refractivity contribution in [2.75, 3.05) is 10.8 Å². The number of benzene rings is 1. The number of hydroxylamine groups is 1. The molecule has 8 heteroatoms. The molecule has 3 aromatic rings. The van der Waals surface area contributed by atoms with Gasteiger partial charge in [-0.3, -0.25) is 5.21 Å². The summed E-state index contributed by atoms with van der Waals surface area (Å²) in [6, 6.07) is 7.77. The number of hydrogen-bond donors (Lipinski definition) is 3. The molecule has 0 atom stereocenters. The van der Waals surface area contributed by atoms with Crippen LogP contribution in [0.2, 0.25) is 0 Å². The minimum absolute atomic E-state index is 0.0225. The Morgan fingerprint density at radius 3 is 2.52 bits per heavy atom. The molecule has 2 aromatic heterocycles. The topological polar surface area (TPSA) is 104 Å². The third kappa shape index (κ3) is 3.61. The normalized spacial score (nSPS) is 15.0. The number of nitrogens with one attached hydrogen (secondary N) is 1. The molecule has 1 saturated carbocycles. The molecule has 0 radical (unpaired) electrons. The van der Waals surface area contributed by atoms with E-state index in [1.165, 1.54) is 23.6 Å². The summed E-state index contributed by atoms with van der Waals surface area (Å²) < 4.78 is 13.3. The van der Waals surface area contributed by atoms with Crippen LogP contribution in [0.25, 0.3) is 22.6 Å². The Morgan fingerprint density at radius 1 is 1.07 bits per heavy atom. The second-order valence-corrected chi connectivity index (χ2v) is 6.73. The Hall–Kier alpha value is -3.00. The zero-order chi connectivity index (χ0) is 18.8. The van der Waals surface area contributed by atoms with E-state index in [4.69, 9.17) is 5.73 Å². The second-order valence-electron chi connectivity index (χ2n) is 6.73. The first kappa shape index (κ1) is 17.4. The lowest BCUT2D eigenvalue weighted by Crippen LogP contribution is -2.34. The molecule has 0 unspecified atom stereocenters. The SMILES string of the molecule is Nc1nccc(-c2[nH]c(N(O)C3CCCCC3)nc2-c2ccc(F)cc2)n1. The Labute approximate surface area is 156 Å². The van der Waals surface area contributed by atoms with Crippen LogP contribution in [-0.4, -0.2) is 31.2 Å². The van der Waals surface area contributed by atoms with Crippen molar-refractivity contribution in [2.24, 2.45) is 0 Å². The predicted molar refractivity (Wildman–Crippen MR) is 101 cm³/mol. The Bertz CT molecular complexity index is 920. The fourth-order valence-corrected chi connectivity index (χ4v) is 3.48. The second kappa shape index (κ2) is 7.32. The Balaban J connectivity index is 1.78. The molecular formula is C19H21FN6O. The summed E-state index contributed by atoms with van der Waals surface area (Å²) in [5.74, 6) is 0.156.